The third kappa shape index (κ3) is 8.71. The van der Waals surface area contributed by atoms with Gasteiger partial charge in [-0.1, -0.05) is 23.4 Å². The van der Waals surface area contributed by atoms with Crippen molar-refractivity contribution in [3.8, 4) is 5.75 Å². The molecule has 13 nitrogen and oxygen atoms in total. The fraction of sp³-hybridized carbons (Fsp3) is 0.481. The van der Waals surface area contributed by atoms with Gasteiger partial charge in [0.2, 0.25) is 0 Å². The van der Waals surface area contributed by atoms with Crippen LogP contribution in [0.15, 0.2) is 36.5 Å². The SMILES string of the molecule is COc1ccc(/C=C/C(=O)C[C@H]2O[C@H](Cn3cc(CCO)nn3)[C@@H](OC(C)=O)[C@H](OC(C)=O)[C@H]2OC(C)=O)cc1. The van der Waals surface area contributed by atoms with E-state index in [0.717, 1.165) is 19.4 Å². The summed E-state index contributed by atoms with van der Waals surface area (Å²) in [6, 6.07) is 7.07. The molecule has 3 rings (SSSR count). The van der Waals surface area contributed by atoms with E-state index >= 15 is 0 Å². The number of aliphatic hydroxyl groups excluding tert-OH is 1. The molecule has 0 bridgehead atoms. The number of hydrogen-bond donors (Lipinski definition) is 1. The number of ether oxygens (including phenoxy) is 5. The molecule has 0 unspecified atom stereocenters. The summed E-state index contributed by atoms with van der Waals surface area (Å²) in [5.41, 5.74) is 1.28. The molecule has 0 saturated carbocycles. The van der Waals surface area contributed by atoms with Gasteiger partial charge < -0.3 is 28.8 Å². The number of ketones is 1. The van der Waals surface area contributed by atoms with E-state index in [4.69, 9.17) is 23.7 Å². The van der Waals surface area contributed by atoms with Crippen LogP contribution in [0, 0.1) is 0 Å². The van der Waals surface area contributed by atoms with Gasteiger partial charge in [-0.2, -0.15) is 0 Å². The monoisotopic (exact) mass is 559 g/mol. The first-order valence-electron chi connectivity index (χ1n) is 12.6. The average Bonchev–Trinajstić information content (AvgIpc) is 3.33. The quantitative estimate of drug-likeness (QED) is 0.224. The zero-order chi connectivity index (χ0) is 29.2. The summed E-state index contributed by atoms with van der Waals surface area (Å²) in [7, 11) is 1.55. The summed E-state index contributed by atoms with van der Waals surface area (Å²) in [6.45, 7) is 3.38. The van der Waals surface area contributed by atoms with Gasteiger partial charge in [0.1, 0.15) is 18.0 Å². The molecular weight excluding hydrogens is 526 g/mol. The van der Waals surface area contributed by atoms with E-state index in [0.29, 0.717) is 11.4 Å². The fourth-order valence-corrected chi connectivity index (χ4v) is 4.31. The van der Waals surface area contributed by atoms with Crippen LogP contribution in [0.4, 0.5) is 0 Å². The zero-order valence-corrected chi connectivity index (χ0v) is 22.7. The van der Waals surface area contributed by atoms with Crippen LogP contribution in [0.5, 0.6) is 5.75 Å². The Labute approximate surface area is 231 Å². The summed E-state index contributed by atoms with van der Waals surface area (Å²) in [5, 5.41) is 17.2. The minimum Gasteiger partial charge on any atom is -0.497 e. The minimum absolute atomic E-state index is 0.00664. The summed E-state index contributed by atoms with van der Waals surface area (Å²) in [6.07, 6.45) is -1.13. The Hall–Kier alpha value is -4.10. The first-order chi connectivity index (χ1) is 19.1. The molecule has 1 aliphatic rings. The number of carbonyl (C=O) groups is 4. The van der Waals surface area contributed by atoms with Gasteiger partial charge in [-0.25, -0.2) is 4.68 Å². The second-order valence-corrected chi connectivity index (χ2v) is 9.12. The Morgan fingerprint density at radius 2 is 1.55 bits per heavy atom. The highest BCUT2D eigenvalue weighted by molar-refractivity contribution is 5.94. The molecule has 0 spiro atoms. The van der Waals surface area contributed by atoms with Gasteiger partial charge in [0.25, 0.3) is 0 Å². The fourth-order valence-electron chi connectivity index (χ4n) is 4.31. The molecule has 13 heteroatoms. The number of methoxy groups -OCH3 is 1. The molecule has 5 atom stereocenters. The molecule has 1 saturated heterocycles. The van der Waals surface area contributed by atoms with Crippen molar-refractivity contribution < 1.29 is 48.0 Å². The molecule has 1 aromatic heterocycles. The Morgan fingerprint density at radius 1 is 0.950 bits per heavy atom. The standard InChI is InChI=1S/C27H33N3O10/c1-16(32)37-25-23(13-21(35)8-5-19-6-9-22(36-4)10-7-19)40-24(15-30-14-20(11-12-31)28-29-30)26(38-17(2)33)27(25)39-18(3)34/h5-10,14,23-27,31H,11-13,15H2,1-4H3/b8-5+/t23-,24-,25+,26-,27-/m1/s1. The number of aromatic nitrogens is 3. The predicted molar refractivity (Wildman–Crippen MR) is 138 cm³/mol. The van der Waals surface area contributed by atoms with Crippen molar-refractivity contribution in [1.82, 2.24) is 15.0 Å². The average molecular weight is 560 g/mol. The zero-order valence-electron chi connectivity index (χ0n) is 22.7. The maximum absolute atomic E-state index is 13.0. The van der Waals surface area contributed by atoms with Crippen LogP contribution in [0.3, 0.4) is 0 Å². The lowest BCUT2D eigenvalue weighted by atomic mass is 9.91. The second kappa shape index (κ2) is 14.3. The van der Waals surface area contributed by atoms with E-state index < -0.39 is 48.4 Å². The topological polar surface area (TPSA) is 165 Å². The highest BCUT2D eigenvalue weighted by Gasteiger charge is 2.52. The summed E-state index contributed by atoms with van der Waals surface area (Å²) in [4.78, 5) is 49.1. The highest BCUT2D eigenvalue weighted by atomic mass is 16.6. The van der Waals surface area contributed by atoms with Gasteiger partial charge >= 0.3 is 17.9 Å². The minimum atomic E-state index is -1.27. The molecule has 0 aliphatic carbocycles. The van der Waals surface area contributed by atoms with Crippen molar-refractivity contribution >= 4 is 29.8 Å². The van der Waals surface area contributed by atoms with Gasteiger partial charge in [0.15, 0.2) is 24.1 Å². The Balaban J connectivity index is 1.91. The van der Waals surface area contributed by atoms with Crippen LogP contribution in [0.1, 0.15) is 38.4 Å². The van der Waals surface area contributed by atoms with E-state index in [1.807, 2.05) is 0 Å². The lowest BCUT2D eigenvalue weighted by Gasteiger charge is -2.44. The lowest BCUT2D eigenvalue weighted by Crippen LogP contribution is -2.62. The smallest absolute Gasteiger partial charge is 0.303 e. The van der Waals surface area contributed by atoms with Gasteiger partial charge in [0, 0.05) is 46.4 Å². The maximum Gasteiger partial charge on any atom is 0.303 e. The number of hydrogen-bond acceptors (Lipinski definition) is 12. The number of aliphatic hydroxyl groups is 1. The third-order valence-corrected chi connectivity index (χ3v) is 5.94. The molecule has 2 heterocycles. The normalized spacial score (nSPS) is 22.5. The number of carbonyl (C=O) groups excluding carboxylic acids is 4. The van der Waals surface area contributed by atoms with Crippen molar-refractivity contribution in [1.29, 1.82) is 0 Å². The first-order valence-corrected chi connectivity index (χ1v) is 12.6. The van der Waals surface area contributed by atoms with Gasteiger partial charge in [-0.3, -0.25) is 19.2 Å². The van der Waals surface area contributed by atoms with Crippen LogP contribution < -0.4 is 4.74 Å². The number of nitrogens with zero attached hydrogens (tertiary/aromatic N) is 3. The first kappa shape index (κ1) is 30.4. The lowest BCUT2D eigenvalue weighted by molar-refractivity contribution is -0.249. The molecule has 1 aliphatic heterocycles. The molecular formula is C27H33N3O10. The maximum atomic E-state index is 13.0. The van der Waals surface area contributed by atoms with Crippen LogP contribution in [0.25, 0.3) is 6.08 Å². The number of allylic oxidation sites excluding steroid dienone is 1. The summed E-state index contributed by atoms with van der Waals surface area (Å²) < 4.78 is 29.2. The van der Waals surface area contributed by atoms with Crippen LogP contribution >= 0.6 is 0 Å². The van der Waals surface area contributed by atoms with Crippen molar-refractivity contribution in [2.24, 2.45) is 0 Å². The number of esters is 3. The Morgan fingerprint density at radius 3 is 2.12 bits per heavy atom. The van der Waals surface area contributed by atoms with Crippen LogP contribution in [-0.2, 0) is 51.1 Å². The second-order valence-electron chi connectivity index (χ2n) is 9.12. The molecule has 2 aromatic rings. The van der Waals surface area contributed by atoms with Gasteiger partial charge in [0.05, 0.1) is 19.3 Å². The predicted octanol–water partition coefficient (Wildman–Crippen LogP) is 1.06. The van der Waals surface area contributed by atoms with Crippen molar-refractivity contribution in [3.05, 3.63) is 47.8 Å². The van der Waals surface area contributed by atoms with E-state index in [-0.39, 0.29) is 31.8 Å². The van der Waals surface area contributed by atoms with Crippen molar-refractivity contribution in [2.75, 3.05) is 13.7 Å². The third-order valence-electron chi connectivity index (χ3n) is 5.94. The van der Waals surface area contributed by atoms with E-state index in [1.54, 1.807) is 43.6 Å². The highest BCUT2D eigenvalue weighted by Crippen LogP contribution is 2.31. The summed E-state index contributed by atoms with van der Waals surface area (Å²) >= 11 is 0. The van der Waals surface area contributed by atoms with Crippen molar-refractivity contribution in [3.63, 3.8) is 0 Å². The molecule has 216 valence electrons. The molecule has 40 heavy (non-hydrogen) atoms. The van der Waals surface area contributed by atoms with E-state index in [1.165, 1.54) is 17.7 Å². The number of rotatable bonds is 12. The van der Waals surface area contributed by atoms with Crippen molar-refractivity contribution in [2.45, 2.75) is 70.7 Å². The molecule has 1 aromatic carbocycles. The molecule has 0 radical (unpaired) electrons. The summed E-state index contributed by atoms with van der Waals surface area (Å²) in [5.74, 6) is -1.79. The van der Waals surface area contributed by atoms with Gasteiger partial charge in [-0.05, 0) is 23.8 Å². The Bertz CT molecular complexity index is 1210. The van der Waals surface area contributed by atoms with E-state index in [9.17, 15) is 24.3 Å². The van der Waals surface area contributed by atoms with E-state index in [2.05, 4.69) is 10.3 Å². The Kier molecular flexibility index (Phi) is 10.9. The number of benzene rings is 1. The molecule has 1 fully saturated rings. The van der Waals surface area contributed by atoms with Crippen LogP contribution in [0.2, 0.25) is 0 Å². The molecule has 1 N–H and O–H groups in total. The van der Waals surface area contributed by atoms with Gasteiger partial charge in [-0.15, -0.1) is 5.10 Å². The van der Waals surface area contributed by atoms with Crippen LogP contribution in [-0.4, -0.2) is 88.0 Å². The molecule has 0 amide bonds. The largest absolute Gasteiger partial charge is 0.497 e.